The molecule has 1 aliphatic heterocycles. The molecule has 3 rings (SSSR count). The quantitative estimate of drug-likeness (QED) is 0.842. The van der Waals surface area contributed by atoms with Gasteiger partial charge in [-0.15, -0.1) is 0 Å². The Morgan fingerprint density at radius 3 is 2.71 bits per heavy atom. The first kappa shape index (κ1) is 14.0. The number of sulfonamides is 1. The highest BCUT2D eigenvalue weighted by Crippen LogP contribution is 2.28. The molecule has 0 bridgehead atoms. The van der Waals surface area contributed by atoms with Gasteiger partial charge in [-0.05, 0) is 26.0 Å². The average Bonchev–Trinajstić information content (AvgIpc) is 2.74. The summed E-state index contributed by atoms with van der Waals surface area (Å²) in [6, 6.07) is 3.56. The van der Waals surface area contributed by atoms with E-state index in [2.05, 4.69) is 10.1 Å². The van der Waals surface area contributed by atoms with Crippen molar-refractivity contribution in [1.82, 2.24) is 14.4 Å². The van der Waals surface area contributed by atoms with Gasteiger partial charge in [-0.3, -0.25) is 4.98 Å². The summed E-state index contributed by atoms with van der Waals surface area (Å²) in [7, 11) is -3.56. The first-order chi connectivity index (χ1) is 9.98. The molecule has 0 spiro atoms. The second-order valence-corrected chi connectivity index (χ2v) is 6.78. The van der Waals surface area contributed by atoms with E-state index in [1.165, 1.54) is 4.31 Å². The Labute approximate surface area is 122 Å². The number of hydrogen-bond donors (Lipinski definition) is 0. The molecule has 1 saturated heterocycles. The van der Waals surface area contributed by atoms with Crippen LogP contribution < -0.4 is 4.74 Å². The fourth-order valence-corrected chi connectivity index (χ4v) is 4.05. The fraction of sp³-hybridized carbons (Fsp3) is 0.385. The van der Waals surface area contributed by atoms with E-state index in [0.29, 0.717) is 30.3 Å². The van der Waals surface area contributed by atoms with E-state index in [1.807, 2.05) is 0 Å². The van der Waals surface area contributed by atoms with Gasteiger partial charge in [-0.1, -0.05) is 5.16 Å². The lowest BCUT2D eigenvalue weighted by molar-refractivity contribution is 0.0758. The third-order valence-corrected chi connectivity index (χ3v) is 5.39. The van der Waals surface area contributed by atoms with Crippen molar-refractivity contribution in [3.63, 3.8) is 0 Å². The molecule has 0 N–H and O–H groups in total. The molecule has 1 fully saturated rings. The lowest BCUT2D eigenvalue weighted by Gasteiger charge is -2.37. The van der Waals surface area contributed by atoms with E-state index in [0.717, 1.165) is 0 Å². The summed E-state index contributed by atoms with van der Waals surface area (Å²) < 4.78 is 36.9. The van der Waals surface area contributed by atoms with Crippen LogP contribution in [0, 0.1) is 13.8 Å². The monoisotopic (exact) mass is 309 g/mol. The van der Waals surface area contributed by atoms with E-state index >= 15 is 0 Å². The summed E-state index contributed by atoms with van der Waals surface area (Å²) in [5.41, 5.74) is 0.379. The topological polar surface area (TPSA) is 85.5 Å². The molecule has 0 amide bonds. The van der Waals surface area contributed by atoms with Gasteiger partial charge in [0.25, 0.3) is 0 Å². The molecular weight excluding hydrogens is 294 g/mol. The predicted octanol–water partition coefficient (Wildman–Crippen LogP) is 1.14. The molecule has 0 radical (unpaired) electrons. The van der Waals surface area contributed by atoms with Crippen molar-refractivity contribution in [3.8, 4) is 5.75 Å². The number of aromatic nitrogens is 2. The second-order valence-electron chi connectivity index (χ2n) is 4.90. The minimum atomic E-state index is -3.56. The first-order valence-electron chi connectivity index (χ1n) is 6.48. The van der Waals surface area contributed by atoms with Crippen LogP contribution >= 0.6 is 0 Å². The molecule has 3 heterocycles. The highest BCUT2D eigenvalue weighted by molar-refractivity contribution is 7.89. The van der Waals surface area contributed by atoms with Crippen molar-refractivity contribution in [3.05, 3.63) is 36.0 Å². The van der Waals surface area contributed by atoms with Gasteiger partial charge in [0.05, 0.1) is 19.3 Å². The van der Waals surface area contributed by atoms with Crippen LogP contribution in [0.1, 0.15) is 11.5 Å². The van der Waals surface area contributed by atoms with Gasteiger partial charge in [0.15, 0.2) is 5.76 Å². The maximum absolute atomic E-state index is 12.5. The van der Waals surface area contributed by atoms with E-state index in [-0.39, 0.29) is 11.0 Å². The standard InChI is InChI=1S/C13H15N3O4S/c1-9-13(10(2)20-15-9)21(17,18)16-7-12(8-16)19-11-4-3-5-14-6-11/h3-6,12H,7-8H2,1-2H3. The van der Waals surface area contributed by atoms with Crippen LogP contribution in [0.2, 0.25) is 0 Å². The summed E-state index contributed by atoms with van der Waals surface area (Å²) in [5.74, 6) is 0.945. The first-order valence-corrected chi connectivity index (χ1v) is 7.92. The molecule has 0 aromatic carbocycles. The molecule has 2 aromatic rings. The summed E-state index contributed by atoms with van der Waals surface area (Å²) in [6.07, 6.45) is 3.09. The number of nitrogens with zero attached hydrogens (tertiary/aromatic N) is 3. The Bertz CT molecular complexity index is 717. The molecule has 0 atom stereocenters. The van der Waals surface area contributed by atoms with Crippen molar-refractivity contribution < 1.29 is 17.7 Å². The molecule has 112 valence electrons. The zero-order valence-corrected chi connectivity index (χ0v) is 12.5. The average molecular weight is 309 g/mol. The third kappa shape index (κ3) is 2.52. The molecule has 8 heteroatoms. The number of rotatable bonds is 4. The Morgan fingerprint density at radius 1 is 1.38 bits per heavy atom. The van der Waals surface area contributed by atoms with Crippen LogP contribution in [-0.4, -0.2) is 42.1 Å². The van der Waals surface area contributed by atoms with Crippen LogP contribution in [-0.2, 0) is 10.0 Å². The van der Waals surface area contributed by atoms with Crippen LogP contribution in [0.25, 0.3) is 0 Å². The van der Waals surface area contributed by atoms with Crippen LogP contribution in [0.4, 0.5) is 0 Å². The molecule has 21 heavy (non-hydrogen) atoms. The van der Waals surface area contributed by atoms with Crippen molar-refractivity contribution in [2.24, 2.45) is 0 Å². The summed E-state index contributed by atoms with van der Waals surface area (Å²) in [4.78, 5) is 4.11. The summed E-state index contributed by atoms with van der Waals surface area (Å²) in [5, 5.41) is 3.69. The largest absolute Gasteiger partial charge is 0.486 e. The predicted molar refractivity (Wildman–Crippen MR) is 73.4 cm³/mol. The van der Waals surface area contributed by atoms with Crippen molar-refractivity contribution in [1.29, 1.82) is 0 Å². The van der Waals surface area contributed by atoms with Crippen molar-refractivity contribution in [2.45, 2.75) is 24.8 Å². The van der Waals surface area contributed by atoms with Gasteiger partial charge >= 0.3 is 0 Å². The second kappa shape index (κ2) is 5.12. The molecule has 0 aliphatic carbocycles. The number of hydrogen-bond acceptors (Lipinski definition) is 6. The fourth-order valence-electron chi connectivity index (χ4n) is 2.25. The maximum atomic E-state index is 12.5. The van der Waals surface area contributed by atoms with E-state index in [4.69, 9.17) is 9.26 Å². The Balaban J connectivity index is 1.69. The molecular formula is C13H15N3O4S. The van der Waals surface area contributed by atoms with E-state index in [1.54, 1.807) is 38.4 Å². The normalized spacial score (nSPS) is 16.7. The Morgan fingerprint density at radius 2 is 2.14 bits per heavy atom. The van der Waals surface area contributed by atoms with Gasteiger partial charge in [-0.2, -0.15) is 4.31 Å². The van der Waals surface area contributed by atoms with E-state index < -0.39 is 10.0 Å². The van der Waals surface area contributed by atoms with Gasteiger partial charge in [-0.25, -0.2) is 8.42 Å². The molecule has 0 saturated carbocycles. The van der Waals surface area contributed by atoms with Crippen LogP contribution in [0.5, 0.6) is 5.75 Å². The minimum Gasteiger partial charge on any atom is -0.486 e. The van der Waals surface area contributed by atoms with Crippen molar-refractivity contribution in [2.75, 3.05) is 13.1 Å². The maximum Gasteiger partial charge on any atom is 0.248 e. The van der Waals surface area contributed by atoms with Gasteiger partial charge in [0.1, 0.15) is 22.4 Å². The van der Waals surface area contributed by atoms with Gasteiger partial charge in [0.2, 0.25) is 10.0 Å². The minimum absolute atomic E-state index is 0.155. The zero-order chi connectivity index (χ0) is 15.0. The Kier molecular flexibility index (Phi) is 3.42. The highest BCUT2D eigenvalue weighted by Gasteiger charge is 2.40. The van der Waals surface area contributed by atoms with E-state index in [9.17, 15) is 8.42 Å². The zero-order valence-electron chi connectivity index (χ0n) is 11.7. The summed E-state index contributed by atoms with van der Waals surface area (Å²) in [6.45, 7) is 3.83. The van der Waals surface area contributed by atoms with Crippen LogP contribution in [0.3, 0.4) is 0 Å². The summed E-state index contributed by atoms with van der Waals surface area (Å²) >= 11 is 0. The molecule has 7 nitrogen and oxygen atoms in total. The number of ether oxygens (including phenoxy) is 1. The van der Waals surface area contributed by atoms with Crippen molar-refractivity contribution >= 4 is 10.0 Å². The SMILES string of the molecule is Cc1noc(C)c1S(=O)(=O)N1CC(Oc2cccnc2)C1. The lowest BCUT2D eigenvalue weighted by atomic mass is 10.2. The molecule has 1 aliphatic rings. The number of aryl methyl sites for hydroxylation is 2. The number of pyridine rings is 1. The third-order valence-electron chi connectivity index (χ3n) is 3.32. The Hall–Kier alpha value is -1.93. The molecule has 0 unspecified atom stereocenters. The lowest BCUT2D eigenvalue weighted by Crippen LogP contribution is -2.56. The van der Waals surface area contributed by atoms with Crippen LogP contribution in [0.15, 0.2) is 33.9 Å². The highest BCUT2D eigenvalue weighted by atomic mass is 32.2. The van der Waals surface area contributed by atoms with Gasteiger partial charge in [0, 0.05) is 6.20 Å². The van der Waals surface area contributed by atoms with Gasteiger partial charge < -0.3 is 9.26 Å². The molecule has 2 aromatic heterocycles. The smallest absolute Gasteiger partial charge is 0.248 e.